The van der Waals surface area contributed by atoms with Crippen LogP contribution in [0.1, 0.15) is 10.4 Å². The maximum Gasteiger partial charge on any atom is 0.261 e. The van der Waals surface area contributed by atoms with Crippen molar-refractivity contribution in [2.24, 2.45) is 0 Å². The molecule has 1 amide bonds. The lowest BCUT2D eigenvalue weighted by Gasteiger charge is -2.03. The van der Waals surface area contributed by atoms with Gasteiger partial charge in [0.25, 0.3) is 5.91 Å². The molecule has 7 nitrogen and oxygen atoms in total. The lowest BCUT2D eigenvalue weighted by molar-refractivity contribution is 0.102. The van der Waals surface area contributed by atoms with Crippen LogP contribution in [0.4, 0.5) is 5.13 Å². The molecule has 0 aliphatic rings. The zero-order valence-electron chi connectivity index (χ0n) is 13.5. The largest absolute Gasteiger partial charge is 0.494 e. The van der Waals surface area contributed by atoms with E-state index in [1.165, 1.54) is 17.5 Å². The SMILES string of the molecule is COc1cc(Br)cc2sc(NC(=O)c3cn[nH]c3-c3ccncc3)nc12. The number of nitrogens with one attached hydrogen (secondary N) is 2. The number of thiazole rings is 1. The monoisotopic (exact) mass is 429 g/mol. The molecule has 3 heterocycles. The quantitative estimate of drug-likeness (QED) is 0.509. The summed E-state index contributed by atoms with van der Waals surface area (Å²) in [6, 6.07) is 7.39. The molecule has 0 saturated heterocycles. The van der Waals surface area contributed by atoms with Gasteiger partial charge in [-0.15, -0.1) is 0 Å². The first-order valence-electron chi connectivity index (χ1n) is 7.55. The molecule has 2 N–H and O–H groups in total. The molecular weight excluding hydrogens is 418 g/mol. The molecule has 130 valence electrons. The summed E-state index contributed by atoms with van der Waals surface area (Å²) in [7, 11) is 1.59. The van der Waals surface area contributed by atoms with E-state index < -0.39 is 0 Å². The number of halogens is 1. The van der Waals surface area contributed by atoms with Crippen molar-refractivity contribution in [1.29, 1.82) is 0 Å². The first-order valence-corrected chi connectivity index (χ1v) is 9.16. The molecule has 26 heavy (non-hydrogen) atoms. The van der Waals surface area contributed by atoms with Gasteiger partial charge in [0.1, 0.15) is 11.3 Å². The van der Waals surface area contributed by atoms with E-state index in [1.54, 1.807) is 19.5 Å². The van der Waals surface area contributed by atoms with Crippen molar-refractivity contribution >= 4 is 48.5 Å². The second-order valence-electron chi connectivity index (χ2n) is 5.32. The van der Waals surface area contributed by atoms with Gasteiger partial charge < -0.3 is 4.74 Å². The predicted octanol–water partition coefficient (Wildman–Crippen LogP) is 4.10. The van der Waals surface area contributed by atoms with E-state index in [-0.39, 0.29) is 5.91 Å². The minimum Gasteiger partial charge on any atom is -0.494 e. The molecule has 0 aliphatic heterocycles. The summed E-state index contributed by atoms with van der Waals surface area (Å²) >= 11 is 4.82. The van der Waals surface area contributed by atoms with E-state index in [1.807, 2.05) is 24.3 Å². The van der Waals surface area contributed by atoms with Crippen LogP contribution in [-0.2, 0) is 0 Å². The number of methoxy groups -OCH3 is 1. The number of fused-ring (bicyclic) bond motifs is 1. The first-order chi connectivity index (χ1) is 12.7. The maximum absolute atomic E-state index is 12.7. The molecule has 0 unspecified atom stereocenters. The molecule has 0 spiro atoms. The zero-order valence-corrected chi connectivity index (χ0v) is 15.9. The molecular formula is C17H12BrN5O2S. The average Bonchev–Trinajstić information content (AvgIpc) is 3.28. The molecule has 4 aromatic rings. The Hall–Kier alpha value is -2.78. The summed E-state index contributed by atoms with van der Waals surface area (Å²) in [4.78, 5) is 21.2. The summed E-state index contributed by atoms with van der Waals surface area (Å²) in [6.45, 7) is 0. The number of H-pyrrole nitrogens is 1. The van der Waals surface area contributed by atoms with Crippen LogP contribution in [0.3, 0.4) is 0 Å². The third-order valence-electron chi connectivity index (χ3n) is 3.72. The van der Waals surface area contributed by atoms with Crippen molar-refractivity contribution in [2.75, 3.05) is 12.4 Å². The lowest BCUT2D eigenvalue weighted by Crippen LogP contribution is -2.12. The Labute approximate surface area is 160 Å². The molecule has 4 rings (SSSR count). The standard InChI is InChI=1S/C17H12BrN5O2S/c1-25-12-6-10(18)7-13-15(12)21-17(26-13)22-16(24)11-8-20-23-14(11)9-2-4-19-5-3-9/h2-8H,1H3,(H,20,23)(H,21,22,24). The fourth-order valence-corrected chi connectivity index (χ4v) is 4.04. The number of pyridine rings is 1. The van der Waals surface area contributed by atoms with Crippen molar-refractivity contribution in [3.8, 4) is 17.0 Å². The Morgan fingerprint density at radius 2 is 2.12 bits per heavy atom. The number of ether oxygens (including phenoxy) is 1. The molecule has 0 fully saturated rings. The van der Waals surface area contributed by atoms with Crippen LogP contribution >= 0.6 is 27.3 Å². The number of rotatable bonds is 4. The normalized spacial score (nSPS) is 10.8. The van der Waals surface area contributed by atoms with Gasteiger partial charge in [-0.05, 0) is 24.3 Å². The zero-order chi connectivity index (χ0) is 18.1. The van der Waals surface area contributed by atoms with Crippen LogP contribution in [0.2, 0.25) is 0 Å². The van der Waals surface area contributed by atoms with Crippen LogP contribution < -0.4 is 10.1 Å². The van der Waals surface area contributed by atoms with E-state index in [9.17, 15) is 4.79 Å². The smallest absolute Gasteiger partial charge is 0.261 e. The first kappa shape index (κ1) is 16.7. The van der Waals surface area contributed by atoms with Gasteiger partial charge in [0.15, 0.2) is 5.13 Å². The van der Waals surface area contributed by atoms with Crippen LogP contribution in [0.15, 0.2) is 47.3 Å². The van der Waals surface area contributed by atoms with Crippen molar-refractivity contribution in [2.45, 2.75) is 0 Å². The molecule has 0 aliphatic carbocycles. The van der Waals surface area contributed by atoms with E-state index in [0.29, 0.717) is 27.7 Å². The van der Waals surface area contributed by atoms with Crippen LogP contribution in [0.25, 0.3) is 21.5 Å². The van der Waals surface area contributed by atoms with Crippen LogP contribution in [-0.4, -0.2) is 33.2 Å². The number of amides is 1. The highest BCUT2D eigenvalue weighted by Crippen LogP contribution is 2.35. The van der Waals surface area contributed by atoms with Gasteiger partial charge in [-0.2, -0.15) is 5.10 Å². The molecule has 0 bridgehead atoms. The number of benzene rings is 1. The van der Waals surface area contributed by atoms with E-state index in [4.69, 9.17) is 4.74 Å². The lowest BCUT2D eigenvalue weighted by atomic mass is 10.1. The average molecular weight is 430 g/mol. The van der Waals surface area contributed by atoms with Gasteiger partial charge in [0.2, 0.25) is 0 Å². The van der Waals surface area contributed by atoms with Gasteiger partial charge in [0.05, 0.1) is 29.3 Å². The third-order valence-corrected chi connectivity index (χ3v) is 5.09. The van der Waals surface area contributed by atoms with Crippen LogP contribution in [0.5, 0.6) is 5.75 Å². The highest BCUT2D eigenvalue weighted by molar-refractivity contribution is 9.10. The number of anilines is 1. The Morgan fingerprint density at radius 1 is 1.31 bits per heavy atom. The second-order valence-corrected chi connectivity index (χ2v) is 7.27. The minimum atomic E-state index is -0.289. The maximum atomic E-state index is 12.7. The highest BCUT2D eigenvalue weighted by atomic mass is 79.9. The van der Waals surface area contributed by atoms with E-state index in [2.05, 4.69) is 41.4 Å². The van der Waals surface area contributed by atoms with Crippen molar-refractivity contribution in [3.05, 3.63) is 52.9 Å². The van der Waals surface area contributed by atoms with Gasteiger partial charge in [-0.3, -0.25) is 20.2 Å². The third kappa shape index (κ3) is 3.06. The molecule has 9 heteroatoms. The van der Waals surface area contributed by atoms with Crippen molar-refractivity contribution in [3.63, 3.8) is 0 Å². The molecule has 1 aromatic carbocycles. The molecule has 3 aromatic heterocycles. The fourth-order valence-electron chi connectivity index (χ4n) is 2.54. The second kappa shape index (κ2) is 6.85. The number of aromatic amines is 1. The predicted molar refractivity (Wildman–Crippen MR) is 104 cm³/mol. The number of hydrogen-bond donors (Lipinski definition) is 2. The fraction of sp³-hybridized carbons (Fsp3) is 0.0588. The molecule has 0 radical (unpaired) electrons. The Kier molecular flexibility index (Phi) is 4.39. The number of nitrogens with zero attached hydrogens (tertiary/aromatic N) is 3. The Balaban J connectivity index is 1.66. The summed E-state index contributed by atoms with van der Waals surface area (Å²) in [5.41, 5.74) is 2.60. The topological polar surface area (TPSA) is 92.8 Å². The number of hydrogen-bond acceptors (Lipinski definition) is 6. The van der Waals surface area contributed by atoms with Crippen LogP contribution in [0, 0.1) is 0 Å². The highest BCUT2D eigenvalue weighted by Gasteiger charge is 2.18. The summed E-state index contributed by atoms with van der Waals surface area (Å²) < 4.78 is 7.15. The van der Waals surface area contributed by atoms with Crippen molar-refractivity contribution in [1.82, 2.24) is 20.2 Å². The van der Waals surface area contributed by atoms with Gasteiger partial charge in [-0.1, -0.05) is 27.3 Å². The number of aromatic nitrogens is 4. The molecule has 0 atom stereocenters. The van der Waals surface area contributed by atoms with Gasteiger partial charge >= 0.3 is 0 Å². The number of carbonyl (C=O) groups is 1. The molecule has 0 saturated carbocycles. The summed E-state index contributed by atoms with van der Waals surface area (Å²) in [5, 5.41) is 10.2. The minimum absolute atomic E-state index is 0.289. The summed E-state index contributed by atoms with van der Waals surface area (Å²) in [5.74, 6) is 0.356. The van der Waals surface area contributed by atoms with Crippen molar-refractivity contribution < 1.29 is 9.53 Å². The Morgan fingerprint density at radius 3 is 2.88 bits per heavy atom. The summed E-state index contributed by atoms with van der Waals surface area (Å²) in [6.07, 6.45) is 4.82. The van der Waals surface area contributed by atoms with Gasteiger partial charge in [0, 0.05) is 22.4 Å². The Bertz CT molecular complexity index is 1090. The van der Waals surface area contributed by atoms with E-state index in [0.717, 1.165) is 14.7 Å². The van der Waals surface area contributed by atoms with E-state index >= 15 is 0 Å². The number of carbonyl (C=O) groups excluding carboxylic acids is 1. The van der Waals surface area contributed by atoms with Gasteiger partial charge in [-0.25, -0.2) is 4.98 Å².